The SMILES string of the molecule is [C-]#N.[C-]#N.[C-]#N.[C-]#N.[C-]#N.[C-]#N.[Mo+3]. The molecule has 0 aromatic heterocycles. The van der Waals surface area contributed by atoms with E-state index >= 15 is 0 Å². The normalized spacial score (nSPS) is 0.923. The monoisotopic (exact) mass is 254 g/mol. The van der Waals surface area contributed by atoms with Crippen LogP contribution in [-0.4, -0.2) is 0 Å². The number of rotatable bonds is 0. The molecule has 13 heavy (non-hydrogen) atoms. The van der Waals surface area contributed by atoms with E-state index in [-0.39, 0.29) is 21.1 Å². The fourth-order valence-electron chi connectivity index (χ4n) is 0. The van der Waals surface area contributed by atoms with Gasteiger partial charge in [0, 0.05) is 0 Å². The summed E-state index contributed by atoms with van der Waals surface area (Å²) in [5, 5.41) is 37.5. The van der Waals surface area contributed by atoms with Crippen molar-refractivity contribution < 1.29 is 21.1 Å². The molecule has 0 bridgehead atoms. The third kappa shape index (κ3) is 99.6. The minimum atomic E-state index is 0. The van der Waals surface area contributed by atoms with Gasteiger partial charge in [0.1, 0.15) is 0 Å². The van der Waals surface area contributed by atoms with Crippen molar-refractivity contribution >= 4 is 0 Å². The van der Waals surface area contributed by atoms with Crippen LogP contribution in [0.2, 0.25) is 0 Å². The molecule has 0 aliphatic carbocycles. The van der Waals surface area contributed by atoms with Crippen LogP contribution in [0.3, 0.4) is 0 Å². The molecule has 0 aromatic carbocycles. The van der Waals surface area contributed by atoms with Crippen LogP contribution >= 0.6 is 0 Å². The Bertz CT molecular complexity index is 92.1. The van der Waals surface area contributed by atoms with Gasteiger partial charge in [-0.05, 0) is 0 Å². The van der Waals surface area contributed by atoms with Crippen LogP contribution in [0.4, 0.5) is 0 Å². The minimum Gasteiger partial charge on any atom is -0.512 e. The van der Waals surface area contributed by atoms with E-state index in [9.17, 15) is 0 Å². The molecule has 0 heterocycles. The molecule has 0 spiro atoms. The van der Waals surface area contributed by atoms with Crippen molar-refractivity contribution in [3.05, 3.63) is 39.4 Å². The molecule has 0 saturated heterocycles. The molecule has 6 nitrogen and oxygen atoms in total. The van der Waals surface area contributed by atoms with Crippen molar-refractivity contribution in [3.63, 3.8) is 0 Å². The molecule has 1 radical (unpaired) electrons. The van der Waals surface area contributed by atoms with Gasteiger partial charge < -0.3 is 71.0 Å². The summed E-state index contributed by atoms with van der Waals surface area (Å²) in [6.07, 6.45) is 0. The van der Waals surface area contributed by atoms with E-state index in [4.69, 9.17) is 71.0 Å². The van der Waals surface area contributed by atoms with E-state index in [1.165, 1.54) is 0 Å². The molecule has 0 aliphatic rings. The Morgan fingerprint density at radius 2 is 0.308 bits per heavy atom. The summed E-state index contributed by atoms with van der Waals surface area (Å²) in [7, 11) is 0. The third-order valence-corrected chi connectivity index (χ3v) is 0. The van der Waals surface area contributed by atoms with E-state index < -0.39 is 0 Å². The van der Waals surface area contributed by atoms with Gasteiger partial charge in [-0.1, -0.05) is 0 Å². The predicted octanol–water partition coefficient (Wildman–Crippen LogP) is 0.576. The summed E-state index contributed by atoms with van der Waals surface area (Å²) in [6, 6.07) is 0. The predicted molar refractivity (Wildman–Crippen MR) is 29.8 cm³/mol. The summed E-state index contributed by atoms with van der Waals surface area (Å²) in [6.45, 7) is 28.5. The van der Waals surface area contributed by atoms with E-state index in [0.717, 1.165) is 0 Å². The standard InChI is InChI=1S/6CN.Mo/c6*1-2;/q6*-1;+3. The van der Waals surface area contributed by atoms with E-state index in [1.807, 2.05) is 0 Å². The second-order valence-electron chi connectivity index (χ2n) is 0. The fraction of sp³-hybridized carbons (Fsp3) is 0. The summed E-state index contributed by atoms with van der Waals surface area (Å²) in [5.41, 5.74) is 0. The van der Waals surface area contributed by atoms with Crippen molar-refractivity contribution in [3.8, 4) is 0 Å². The quantitative estimate of drug-likeness (QED) is 0.455. The molecule has 63 valence electrons. The summed E-state index contributed by atoms with van der Waals surface area (Å²) in [4.78, 5) is 0. The smallest absolute Gasteiger partial charge is 0.512 e. The van der Waals surface area contributed by atoms with Crippen LogP contribution in [-0.2, 0) is 21.1 Å². The second-order valence-corrected chi connectivity index (χ2v) is 0. The molecule has 0 atom stereocenters. The zero-order valence-corrected chi connectivity index (χ0v) is 8.10. The average molecular weight is 252 g/mol. The first-order valence-corrected chi connectivity index (χ1v) is 1.34. The van der Waals surface area contributed by atoms with Gasteiger partial charge in [0.2, 0.25) is 0 Å². The van der Waals surface area contributed by atoms with Gasteiger partial charge in [0.05, 0.1) is 0 Å². The minimum absolute atomic E-state index is 0. The zero-order valence-electron chi connectivity index (χ0n) is 6.09. The van der Waals surface area contributed by atoms with Gasteiger partial charge in [-0.3, -0.25) is 0 Å². The number of nitrogens with zero attached hydrogens (tertiary/aromatic N) is 6. The summed E-state index contributed by atoms with van der Waals surface area (Å²) >= 11 is 0. The van der Waals surface area contributed by atoms with Gasteiger partial charge in [0.25, 0.3) is 0 Å². The van der Waals surface area contributed by atoms with Gasteiger partial charge in [0.15, 0.2) is 0 Å². The first-order valence-electron chi connectivity index (χ1n) is 1.34. The fourth-order valence-corrected chi connectivity index (χ4v) is 0. The van der Waals surface area contributed by atoms with Crippen LogP contribution in [0, 0.1) is 71.0 Å². The van der Waals surface area contributed by atoms with Crippen molar-refractivity contribution in [2.75, 3.05) is 0 Å². The van der Waals surface area contributed by atoms with E-state index in [1.54, 1.807) is 0 Å². The molecule has 0 amide bonds. The third-order valence-electron chi connectivity index (χ3n) is 0. The van der Waals surface area contributed by atoms with Crippen LogP contribution in [0.5, 0.6) is 0 Å². The molecule has 7 heteroatoms. The Hall–Kier alpha value is -2.37. The maximum Gasteiger partial charge on any atom is 3.00 e. The second kappa shape index (κ2) is 127. The Morgan fingerprint density at radius 1 is 0.308 bits per heavy atom. The van der Waals surface area contributed by atoms with Gasteiger partial charge in [-0.25, -0.2) is 0 Å². The average Bonchev–Trinajstić information content (AvgIpc) is 2.33. The van der Waals surface area contributed by atoms with Crippen molar-refractivity contribution in [1.29, 1.82) is 31.6 Å². The number of hydrogen-bond donors (Lipinski definition) is 0. The zero-order chi connectivity index (χ0) is 12.0. The molecule has 0 N–H and O–H groups in total. The maximum atomic E-state index is 6.25. The molecule has 0 aliphatic heterocycles. The summed E-state index contributed by atoms with van der Waals surface area (Å²) < 4.78 is 0. The molecule has 0 rings (SSSR count). The van der Waals surface area contributed by atoms with Gasteiger partial charge in [-0.2, -0.15) is 0 Å². The van der Waals surface area contributed by atoms with Crippen molar-refractivity contribution in [1.82, 2.24) is 0 Å². The Morgan fingerprint density at radius 3 is 0.308 bits per heavy atom. The van der Waals surface area contributed by atoms with Gasteiger partial charge >= 0.3 is 21.1 Å². The maximum absolute atomic E-state index is 6.25. The van der Waals surface area contributed by atoms with Crippen LogP contribution < -0.4 is 0 Å². The van der Waals surface area contributed by atoms with Crippen LogP contribution in [0.1, 0.15) is 0 Å². The van der Waals surface area contributed by atoms with E-state index in [2.05, 4.69) is 0 Å². The molecular weight excluding hydrogens is 252 g/mol. The Balaban J connectivity index is -0.00000000655. The Labute approximate surface area is 92.3 Å². The van der Waals surface area contributed by atoms with Crippen LogP contribution in [0.25, 0.3) is 0 Å². The first-order chi connectivity index (χ1) is 6.00. The van der Waals surface area contributed by atoms with Crippen molar-refractivity contribution in [2.45, 2.75) is 0 Å². The van der Waals surface area contributed by atoms with Crippen LogP contribution in [0.15, 0.2) is 0 Å². The molecule has 0 aromatic rings. The first kappa shape index (κ1) is 74.8. The van der Waals surface area contributed by atoms with Gasteiger partial charge in [-0.15, -0.1) is 0 Å². The largest absolute Gasteiger partial charge is 3.00 e. The summed E-state index contributed by atoms with van der Waals surface area (Å²) in [5.74, 6) is 0. The molecule has 0 fully saturated rings. The Kier molecular flexibility index (Phi) is 734. The molecular formula is C6MoN6-3. The molecule has 0 saturated carbocycles. The topological polar surface area (TPSA) is 143 Å². The molecule has 0 unspecified atom stereocenters. The van der Waals surface area contributed by atoms with Crippen molar-refractivity contribution in [2.24, 2.45) is 0 Å². The number of hydrogen-bond acceptors (Lipinski definition) is 6. The van der Waals surface area contributed by atoms with E-state index in [0.29, 0.717) is 0 Å².